The fourth-order valence-electron chi connectivity index (χ4n) is 3.93. The van der Waals surface area contributed by atoms with Crippen molar-refractivity contribution >= 4 is 21.8 Å². The number of carbonyl (C=O) groups excluding carboxylic acids is 2. The van der Waals surface area contributed by atoms with E-state index in [0.717, 1.165) is 19.3 Å². The number of sulfonamides is 1. The molecule has 0 spiro atoms. The third kappa shape index (κ3) is 4.17. The topological polar surface area (TPSA) is 87.2 Å². The van der Waals surface area contributed by atoms with Crippen LogP contribution in [0.2, 0.25) is 0 Å². The largest absolute Gasteiger partial charge is 0.379 e. The van der Waals surface area contributed by atoms with Crippen molar-refractivity contribution in [1.82, 2.24) is 14.1 Å². The third-order valence-corrected chi connectivity index (χ3v) is 7.95. The van der Waals surface area contributed by atoms with Gasteiger partial charge in [-0.1, -0.05) is 6.42 Å². The van der Waals surface area contributed by atoms with Gasteiger partial charge >= 0.3 is 0 Å². The van der Waals surface area contributed by atoms with Crippen molar-refractivity contribution in [3.63, 3.8) is 0 Å². The van der Waals surface area contributed by atoms with Crippen LogP contribution in [-0.4, -0.2) is 86.8 Å². The average molecular weight is 422 g/mol. The van der Waals surface area contributed by atoms with E-state index in [9.17, 15) is 18.0 Å². The second kappa shape index (κ2) is 8.41. The van der Waals surface area contributed by atoms with E-state index in [2.05, 4.69) is 0 Å². The zero-order chi connectivity index (χ0) is 20.4. The monoisotopic (exact) mass is 421 g/mol. The van der Waals surface area contributed by atoms with E-state index in [-0.39, 0.29) is 22.6 Å². The highest BCUT2D eigenvalue weighted by molar-refractivity contribution is 7.89. The Kier molecular flexibility index (Phi) is 5.89. The van der Waals surface area contributed by atoms with Gasteiger partial charge in [0, 0.05) is 50.7 Å². The maximum atomic E-state index is 12.8. The molecule has 0 aromatic heterocycles. The highest BCUT2D eigenvalue weighted by atomic mass is 32.2. The smallest absolute Gasteiger partial charge is 0.253 e. The van der Waals surface area contributed by atoms with E-state index in [1.165, 1.54) is 16.4 Å². The van der Waals surface area contributed by atoms with Crippen molar-refractivity contribution in [3.05, 3.63) is 29.8 Å². The summed E-state index contributed by atoms with van der Waals surface area (Å²) in [4.78, 5) is 28.9. The second-order valence-corrected chi connectivity index (χ2v) is 9.72. The molecule has 1 aromatic carbocycles. The quantitative estimate of drug-likeness (QED) is 0.718. The van der Waals surface area contributed by atoms with Gasteiger partial charge in [-0.3, -0.25) is 9.59 Å². The molecule has 0 N–H and O–H groups in total. The molecule has 29 heavy (non-hydrogen) atoms. The molecular formula is C20H27N3O5S. The number of hydrogen-bond acceptors (Lipinski definition) is 5. The van der Waals surface area contributed by atoms with E-state index >= 15 is 0 Å². The van der Waals surface area contributed by atoms with Gasteiger partial charge in [0.2, 0.25) is 15.9 Å². The number of hydrogen-bond donors (Lipinski definition) is 0. The summed E-state index contributed by atoms with van der Waals surface area (Å²) in [6, 6.07) is 6.13. The normalized spacial score (nSPS) is 21.7. The Morgan fingerprint density at radius 3 is 2.00 bits per heavy atom. The highest BCUT2D eigenvalue weighted by Crippen LogP contribution is 2.28. The Morgan fingerprint density at radius 1 is 0.862 bits per heavy atom. The number of ether oxygens (including phenoxy) is 1. The molecule has 3 aliphatic rings. The van der Waals surface area contributed by atoms with Gasteiger partial charge in [-0.2, -0.15) is 4.31 Å². The Morgan fingerprint density at radius 2 is 1.45 bits per heavy atom. The molecule has 2 amide bonds. The van der Waals surface area contributed by atoms with Crippen molar-refractivity contribution in [1.29, 1.82) is 0 Å². The first kappa shape index (κ1) is 20.3. The highest BCUT2D eigenvalue weighted by Gasteiger charge is 2.32. The number of morpholine rings is 1. The van der Waals surface area contributed by atoms with Gasteiger partial charge in [0.15, 0.2) is 0 Å². The summed E-state index contributed by atoms with van der Waals surface area (Å²) < 4.78 is 32.0. The van der Waals surface area contributed by atoms with Gasteiger partial charge in [0.1, 0.15) is 0 Å². The van der Waals surface area contributed by atoms with Crippen LogP contribution in [0, 0.1) is 5.92 Å². The van der Waals surface area contributed by atoms with E-state index in [1.807, 2.05) is 4.90 Å². The SMILES string of the molecule is O=C(c1ccc(S(=O)(=O)N2CCOCC2)cc1)N1CCN(C(=O)C2CCC2)CC1. The second-order valence-electron chi connectivity index (χ2n) is 7.79. The molecule has 8 nitrogen and oxygen atoms in total. The molecule has 4 rings (SSSR count). The summed E-state index contributed by atoms with van der Waals surface area (Å²) in [5.41, 5.74) is 0.463. The van der Waals surface area contributed by atoms with Crippen molar-refractivity contribution < 1.29 is 22.7 Å². The van der Waals surface area contributed by atoms with Crippen LogP contribution < -0.4 is 0 Å². The Labute approximate surface area is 171 Å². The van der Waals surface area contributed by atoms with Gasteiger partial charge in [0.25, 0.3) is 5.91 Å². The fourth-order valence-corrected chi connectivity index (χ4v) is 5.34. The Balaban J connectivity index is 1.36. The standard InChI is InChI=1S/C20H27N3O5S/c24-19(16-2-1-3-16)21-8-10-22(11-9-21)20(25)17-4-6-18(7-5-17)29(26,27)23-12-14-28-15-13-23/h4-7,16H,1-3,8-15H2. The van der Waals surface area contributed by atoms with Crippen molar-refractivity contribution in [2.45, 2.75) is 24.2 Å². The Bertz CT molecular complexity index is 853. The molecule has 2 saturated heterocycles. The van der Waals surface area contributed by atoms with Crippen LogP contribution in [0.5, 0.6) is 0 Å². The lowest BCUT2D eigenvalue weighted by Crippen LogP contribution is -2.52. The van der Waals surface area contributed by atoms with Crippen LogP contribution in [0.4, 0.5) is 0 Å². The third-order valence-electron chi connectivity index (χ3n) is 6.04. The minimum absolute atomic E-state index is 0.129. The van der Waals surface area contributed by atoms with Crippen LogP contribution in [-0.2, 0) is 19.6 Å². The molecule has 9 heteroatoms. The van der Waals surface area contributed by atoms with Crippen LogP contribution in [0.15, 0.2) is 29.2 Å². The van der Waals surface area contributed by atoms with E-state index in [1.54, 1.807) is 17.0 Å². The predicted molar refractivity (Wildman–Crippen MR) is 106 cm³/mol. The molecule has 1 saturated carbocycles. The van der Waals surface area contributed by atoms with Crippen LogP contribution in [0.3, 0.4) is 0 Å². The zero-order valence-electron chi connectivity index (χ0n) is 16.5. The lowest BCUT2D eigenvalue weighted by molar-refractivity contribution is -0.139. The number of carbonyl (C=O) groups is 2. The van der Waals surface area contributed by atoms with E-state index in [0.29, 0.717) is 58.0 Å². The zero-order valence-corrected chi connectivity index (χ0v) is 17.3. The summed E-state index contributed by atoms with van der Waals surface area (Å²) in [5, 5.41) is 0. The minimum Gasteiger partial charge on any atom is -0.379 e. The summed E-state index contributed by atoms with van der Waals surface area (Å²) in [7, 11) is -3.57. The van der Waals surface area contributed by atoms with Gasteiger partial charge < -0.3 is 14.5 Å². The maximum Gasteiger partial charge on any atom is 0.253 e. The molecule has 3 fully saturated rings. The van der Waals surface area contributed by atoms with Gasteiger partial charge in [-0.15, -0.1) is 0 Å². The lowest BCUT2D eigenvalue weighted by Gasteiger charge is -2.38. The van der Waals surface area contributed by atoms with Crippen molar-refractivity contribution in [3.8, 4) is 0 Å². The van der Waals surface area contributed by atoms with Crippen LogP contribution in [0.25, 0.3) is 0 Å². The van der Waals surface area contributed by atoms with Crippen molar-refractivity contribution in [2.75, 3.05) is 52.5 Å². The number of benzene rings is 1. The fraction of sp³-hybridized carbons (Fsp3) is 0.600. The molecule has 158 valence electrons. The molecule has 1 aromatic rings. The molecule has 1 aliphatic carbocycles. The molecule has 0 atom stereocenters. The van der Waals surface area contributed by atoms with Gasteiger partial charge in [-0.05, 0) is 37.1 Å². The molecule has 0 radical (unpaired) electrons. The number of amides is 2. The van der Waals surface area contributed by atoms with Crippen molar-refractivity contribution in [2.24, 2.45) is 5.92 Å². The molecule has 0 unspecified atom stereocenters. The summed E-state index contributed by atoms with van der Waals surface area (Å²) in [6.45, 7) is 3.60. The minimum atomic E-state index is -3.57. The first-order chi connectivity index (χ1) is 14.0. The molecule has 2 heterocycles. The van der Waals surface area contributed by atoms with Crippen LogP contribution in [0.1, 0.15) is 29.6 Å². The van der Waals surface area contributed by atoms with Crippen LogP contribution >= 0.6 is 0 Å². The average Bonchev–Trinajstić information content (AvgIpc) is 2.73. The first-order valence-corrected chi connectivity index (χ1v) is 11.7. The summed E-state index contributed by atoms with van der Waals surface area (Å²) >= 11 is 0. The van der Waals surface area contributed by atoms with Gasteiger partial charge in [0.05, 0.1) is 18.1 Å². The first-order valence-electron chi connectivity index (χ1n) is 10.2. The molecule has 0 bridgehead atoms. The predicted octanol–water partition coefficient (Wildman–Crippen LogP) is 0.792. The molecular weight excluding hydrogens is 394 g/mol. The lowest BCUT2D eigenvalue weighted by atomic mass is 9.84. The summed E-state index contributed by atoms with van der Waals surface area (Å²) in [5.74, 6) is 0.273. The molecule has 2 aliphatic heterocycles. The van der Waals surface area contributed by atoms with E-state index < -0.39 is 10.0 Å². The summed E-state index contributed by atoms with van der Waals surface area (Å²) in [6.07, 6.45) is 3.10. The van der Waals surface area contributed by atoms with Gasteiger partial charge in [-0.25, -0.2) is 8.42 Å². The number of piperazine rings is 1. The maximum absolute atomic E-state index is 12.8. The Hall–Kier alpha value is -1.97. The van der Waals surface area contributed by atoms with E-state index in [4.69, 9.17) is 4.74 Å². The number of nitrogens with zero attached hydrogens (tertiary/aromatic N) is 3. The number of rotatable bonds is 4.